The van der Waals surface area contributed by atoms with Gasteiger partial charge in [0.05, 0.1) is 14.2 Å². The molecule has 2 aromatic carbocycles. The Labute approximate surface area is 155 Å². The fourth-order valence-corrected chi connectivity index (χ4v) is 2.49. The van der Waals surface area contributed by atoms with Gasteiger partial charge >= 0.3 is 0 Å². The lowest BCUT2D eigenvalue weighted by Gasteiger charge is -2.22. The molecule has 0 saturated heterocycles. The van der Waals surface area contributed by atoms with Gasteiger partial charge in [0.15, 0.2) is 11.5 Å². The van der Waals surface area contributed by atoms with Gasteiger partial charge in [-0.25, -0.2) is 8.78 Å². The number of hydrogen-bond donors (Lipinski definition) is 1. The second-order valence-electron chi connectivity index (χ2n) is 5.60. The highest BCUT2D eigenvalue weighted by molar-refractivity contribution is 5.95. The molecule has 0 aliphatic heterocycles. The maximum atomic E-state index is 13.6. The van der Waals surface area contributed by atoms with Gasteiger partial charge in [-0.1, -0.05) is 6.07 Å². The summed E-state index contributed by atoms with van der Waals surface area (Å²) >= 11 is 0. The maximum Gasteiger partial charge on any atom is 0.226 e. The van der Waals surface area contributed by atoms with Crippen molar-refractivity contribution in [3.05, 3.63) is 48.0 Å². The van der Waals surface area contributed by atoms with Crippen molar-refractivity contribution in [3.8, 4) is 11.5 Å². The molecule has 0 fully saturated rings. The number of methoxy groups -OCH3 is 2. The number of nitrogens with one attached hydrogen (secondary N) is 1. The van der Waals surface area contributed by atoms with Crippen LogP contribution in [-0.2, 0) is 9.59 Å². The number of anilines is 2. The molecule has 0 atom stereocenters. The summed E-state index contributed by atoms with van der Waals surface area (Å²) in [5.41, 5.74) is -0.00647. The number of benzene rings is 2. The Morgan fingerprint density at radius 2 is 1.67 bits per heavy atom. The molecule has 6 nitrogen and oxygen atoms in total. The maximum absolute atomic E-state index is 13.6. The van der Waals surface area contributed by atoms with Gasteiger partial charge in [-0.3, -0.25) is 9.59 Å². The Morgan fingerprint density at radius 3 is 2.22 bits per heavy atom. The minimum absolute atomic E-state index is 0.0206. The van der Waals surface area contributed by atoms with Gasteiger partial charge < -0.3 is 19.7 Å². The smallest absolute Gasteiger partial charge is 0.226 e. The molecule has 0 radical (unpaired) electrons. The fourth-order valence-electron chi connectivity index (χ4n) is 2.49. The lowest BCUT2D eigenvalue weighted by molar-refractivity contribution is -0.117. The molecule has 2 aromatic rings. The zero-order valence-electron chi connectivity index (χ0n) is 15.2. The Hall–Kier alpha value is -3.16. The Morgan fingerprint density at radius 1 is 1.04 bits per heavy atom. The van der Waals surface area contributed by atoms with E-state index in [1.165, 1.54) is 32.1 Å². The van der Waals surface area contributed by atoms with E-state index < -0.39 is 23.2 Å². The molecule has 1 N–H and O–H groups in total. The topological polar surface area (TPSA) is 67.9 Å². The predicted octanol–water partition coefficient (Wildman–Crippen LogP) is 3.36. The molecule has 0 aromatic heterocycles. The number of carbonyl (C=O) groups excluding carboxylic acids is 2. The average Bonchev–Trinajstić information content (AvgIpc) is 2.64. The number of hydrogen-bond acceptors (Lipinski definition) is 4. The monoisotopic (exact) mass is 378 g/mol. The molecule has 8 heteroatoms. The van der Waals surface area contributed by atoms with Gasteiger partial charge in [0, 0.05) is 31.6 Å². The quantitative estimate of drug-likeness (QED) is 0.802. The van der Waals surface area contributed by atoms with Crippen molar-refractivity contribution in [2.75, 3.05) is 31.0 Å². The second kappa shape index (κ2) is 8.98. The number of para-hydroxylation sites is 1. The van der Waals surface area contributed by atoms with Crippen LogP contribution in [0, 0.1) is 11.6 Å². The number of nitrogens with zero attached hydrogens (tertiary/aromatic N) is 1. The summed E-state index contributed by atoms with van der Waals surface area (Å²) < 4.78 is 37.6. The van der Waals surface area contributed by atoms with E-state index in [9.17, 15) is 18.4 Å². The third-order valence-electron chi connectivity index (χ3n) is 3.85. The van der Waals surface area contributed by atoms with Crippen LogP contribution >= 0.6 is 0 Å². The number of amides is 2. The van der Waals surface area contributed by atoms with Crippen LogP contribution < -0.4 is 19.7 Å². The molecule has 0 unspecified atom stereocenters. The molecular formula is C19H20F2N2O4. The zero-order chi connectivity index (χ0) is 20.0. The number of carbonyl (C=O) groups is 2. The first-order chi connectivity index (χ1) is 12.9. The van der Waals surface area contributed by atoms with E-state index in [-0.39, 0.29) is 18.9 Å². The lowest BCUT2D eigenvalue weighted by atomic mass is 10.2. The van der Waals surface area contributed by atoms with Crippen LogP contribution in [0.4, 0.5) is 20.2 Å². The van der Waals surface area contributed by atoms with E-state index in [0.29, 0.717) is 17.2 Å². The summed E-state index contributed by atoms with van der Waals surface area (Å²) in [6, 6.07) is 8.19. The fraction of sp³-hybridized carbons (Fsp3) is 0.263. The Kier molecular flexibility index (Phi) is 6.70. The van der Waals surface area contributed by atoms with Crippen LogP contribution in [0.25, 0.3) is 0 Å². The molecule has 144 valence electrons. The number of halogens is 2. The predicted molar refractivity (Wildman–Crippen MR) is 97.2 cm³/mol. The summed E-state index contributed by atoms with van der Waals surface area (Å²) in [5.74, 6) is -1.73. The summed E-state index contributed by atoms with van der Waals surface area (Å²) in [5, 5.41) is 2.19. The van der Waals surface area contributed by atoms with Crippen molar-refractivity contribution in [2.24, 2.45) is 0 Å². The Balaban J connectivity index is 2.11. The van der Waals surface area contributed by atoms with Gasteiger partial charge in [-0.15, -0.1) is 0 Å². The Bertz CT molecular complexity index is 822. The van der Waals surface area contributed by atoms with Crippen molar-refractivity contribution in [1.82, 2.24) is 0 Å². The lowest BCUT2D eigenvalue weighted by Crippen LogP contribution is -2.32. The standard InChI is InChI=1S/C19H20F2N2O4/c1-12(24)23(13-7-8-16(26-2)17(11-13)27-3)10-9-18(25)22-19-14(20)5-4-6-15(19)21/h4-8,11H,9-10H2,1-3H3,(H,22,25). The van der Waals surface area contributed by atoms with E-state index in [2.05, 4.69) is 5.32 Å². The average molecular weight is 378 g/mol. The molecule has 0 aliphatic carbocycles. The summed E-state index contributed by atoms with van der Waals surface area (Å²) in [4.78, 5) is 25.4. The highest BCUT2D eigenvalue weighted by Gasteiger charge is 2.17. The van der Waals surface area contributed by atoms with Crippen molar-refractivity contribution >= 4 is 23.2 Å². The third kappa shape index (κ3) is 4.93. The van der Waals surface area contributed by atoms with Crippen molar-refractivity contribution in [3.63, 3.8) is 0 Å². The van der Waals surface area contributed by atoms with Gasteiger partial charge in [0.2, 0.25) is 11.8 Å². The van der Waals surface area contributed by atoms with Gasteiger partial charge in [0.1, 0.15) is 17.3 Å². The van der Waals surface area contributed by atoms with Crippen LogP contribution in [0.5, 0.6) is 11.5 Å². The molecule has 2 amide bonds. The molecule has 27 heavy (non-hydrogen) atoms. The number of ether oxygens (including phenoxy) is 2. The normalized spacial score (nSPS) is 10.3. The highest BCUT2D eigenvalue weighted by Crippen LogP contribution is 2.31. The van der Waals surface area contributed by atoms with Crippen LogP contribution in [0.15, 0.2) is 36.4 Å². The van der Waals surface area contributed by atoms with E-state index in [1.807, 2.05) is 0 Å². The molecule has 2 rings (SSSR count). The third-order valence-corrected chi connectivity index (χ3v) is 3.85. The van der Waals surface area contributed by atoms with Crippen molar-refractivity contribution in [1.29, 1.82) is 0 Å². The largest absolute Gasteiger partial charge is 0.493 e. The van der Waals surface area contributed by atoms with E-state index >= 15 is 0 Å². The van der Waals surface area contributed by atoms with Crippen molar-refractivity contribution < 1.29 is 27.8 Å². The molecular weight excluding hydrogens is 358 g/mol. The molecule has 0 aliphatic rings. The second-order valence-corrected chi connectivity index (χ2v) is 5.60. The molecule has 0 heterocycles. The summed E-state index contributed by atoms with van der Waals surface area (Å²) in [7, 11) is 2.96. The van der Waals surface area contributed by atoms with E-state index in [4.69, 9.17) is 9.47 Å². The van der Waals surface area contributed by atoms with Gasteiger partial charge in [0.25, 0.3) is 0 Å². The van der Waals surface area contributed by atoms with Gasteiger partial charge in [-0.05, 0) is 24.3 Å². The van der Waals surface area contributed by atoms with Crippen LogP contribution in [0.2, 0.25) is 0 Å². The molecule has 0 saturated carbocycles. The van der Waals surface area contributed by atoms with Crippen LogP contribution in [-0.4, -0.2) is 32.6 Å². The minimum Gasteiger partial charge on any atom is -0.493 e. The SMILES string of the molecule is COc1ccc(N(CCC(=O)Nc2c(F)cccc2F)C(C)=O)cc1OC. The minimum atomic E-state index is -0.869. The molecule has 0 bridgehead atoms. The number of rotatable bonds is 7. The van der Waals surface area contributed by atoms with Crippen molar-refractivity contribution in [2.45, 2.75) is 13.3 Å². The summed E-state index contributed by atoms with van der Waals surface area (Å²) in [6.45, 7) is 1.37. The van der Waals surface area contributed by atoms with Crippen LogP contribution in [0.3, 0.4) is 0 Å². The molecule has 0 spiro atoms. The first-order valence-corrected chi connectivity index (χ1v) is 8.11. The van der Waals surface area contributed by atoms with Gasteiger partial charge in [-0.2, -0.15) is 0 Å². The first kappa shape index (κ1) is 20.2. The van der Waals surface area contributed by atoms with E-state index in [0.717, 1.165) is 12.1 Å². The van der Waals surface area contributed by atoms with Crippen LogP contribution in [0.1, 0.15) is 13.3 Å². The summed E-state index contributed by atoms with van der Waals surface area (Å²) in [6.07, 6.45) is -0.151. The zero-order valence-corrected chi connectivity index (χ0v) is 15.2. The highest BCUT2D eigenvalue weighted by atomic mass is 19.1. The first-order valence-electron chi connectivity index (χ1n) is 8.11. The van der Waals surface area contributed by atoms with E-state index in [1.54, 1.807) is 18.2 Å².